The van der Waals surface area contributed by atoms with Gasteiger partial charge in [-0.05, 0) is 76.3 Å². The molecular weight excluding hydrogens is 244 g/mol. The molecule has 20 heavy (non-hydrogen) atoms. The van der Waals surface area contributed by atoms with Gasteiger partial charge < -0.3 is 5.32 Å². The zero-order valence-corrected chi connectivity index (χ0v) is 13.4. The highest BCUT2D eigenvalue weighted by Crippen LogP contribution is 2.37. The van der Waals surface area contributed by atoms with Crippen LogP contribution < -0.4 is 5.32 Å². The van der Waals surface area contributed by atoms with Crippen LogP contribution in [0.15, 0.2) is 0 Å². The van der Waals surface area contributed by atoms with Gasteiger partial charge in [0.15, 0.2) is 0 Å². The fourth-order valence-corrected chi connectivity index (χ4v) is 4.55. The molecule has 1 atom stereocenters. The minimum atomic E-state index is 0.928. The molecule has 1 unspecified atom stereocenters. The average molecular weight is 278 g/mol. The average Bonchev–Trinajstić information content (AvgIpc) is 3.32. The monoisotopic (exact) mass is 278 g/mol. The molecular formula is C18H34N2. The Kier molecular flexibility index (Phi) is 5.39. The van der Waals surface area contributed by atoms with Crippen molar-refractivity contribution in [2.75, 3.05) is 19.6 Å². The largest absolute Gasteiger partial charge is 0.316 e. The zero-order valence-electron chi connectivity index (χ0n) is 13.4. The van der Waals surface area contributed by atoms with Gasteiger partial charge in [0.25, 0.3) is 0 Å². The standard InChI is InChI=1S/C18H34N2/c1-2-4-15-6-8-17(9-7-15)20(18-10-11-18)14-16-5-3-12-19-13-16/h15-19H,2-14H2,1H3. The Bertz CT molecular complexity index is 273. The van der Waals surface area contributed by atoms with Crippen molar-refractivity contribution in [3.8, 4) is 0 Å². The summed E-state index contributed by atoms with van der Waals surface area (Å²) in [5.74, 6) is 1.98. The van der Waals surface area contributed by atoms with E-state index in [2.05, 4.69) is 17.1 Å². The van der Waals surface area contributed by atoms with Crippen LogP contribution >= 0.6 is 0 Å². The van der Waals surface area contributed by atoms with E-state index in [1.54, 1.807) is 0 Å². The maximum Gasteiger partial charge on any atom is 0.00994 e. The van der Waals surface area contributed by atoms with E-state index in [1.165, 1.54) is 83.8 Å². The molecule has 0 radical (unpaired) electrons. The van der Waals surface area contributed by atoms with E-state index in [0.717, 1.165) is 23.9 Å². The van der Waals surface area contributed by atoms with Gasteiger partial charge in [0.2, 0.25) is 0 Å². The predicted molar refractivity (Wildman–Crippen MR) is 86.0 cm³/mol. The number of nitrogens with zero attached hydrogens (tertiary/aromatic N) is 1. The number of nitrogens with one attached hydrogen (secondary N) is 1. The molecule has 2 aliphatic carbocycles. The number of hydrogen-bond donors (Lipinski definition) is 1. The first kappa shape index (κ1) is 14.8. The lowest BCUT2D eigenvalue weighted by Crippen LogP contribution is -2.45. The minimum absolute atomic E-state index is 0.928. The van der Waals surface area contributed by atoms with Gasteiger partial charge in [-0.3, -0.25) is 4.90 Å². The van der Waals surface area contributed by atoms with Crippen LogP contribution in [0, 0.1) is 11.8 Å². The minimum Gasteiger partial charge on any atom is -0.316 e. The number of rotatable bonds is 6. The lowest BCUT2D eigenvalue weighted by Gasteiger charge is -2.39. The Morgan fingerprint density at radius 1 is 0.900 bits per heavy atom. The third-order valence-corrected chi connectivity index (χ3v) is 5.87. The Morgan fingerprint density at radius 3 is 2.15 bits per heavy atom. The molecule has 0 spiro atoms. The van der Waals surface area contributed by atoms with Crippen molar-refractivity contribution >= 4 is 0 Å². The van der Waals surface area contributed by atoms with Gasteiger partial charge in [0, 0.05) is 18.6 Å². The molecule has 0 aromatic rings. The fraction of sp³-hybridized carbons (Fsp3) is 1.00. The highest BCUT2D eigenvalue weighted by molar-refractivity contribution is 4.92. The summed E-state index contributed by atoms with van der Waals surface area (Å²) in [6, 6.07) is 1.89. The van der Waals surface area contributed by atoms with Gasteiger partial charge in [0.05, 0.1) is 0 Å². The van der Waals surface area contributed by atoms with Gasteiger partial charge in [-0.1, -0.05) is 19.8 Å². The topological polar surface area (TPSA) is 15.3 Å². The number of piperidine rings is 1. The Hall–Kier alpha value is -0.0800. The second-order valence-corrected chi connectivity index (χ2v) is 7.60. The van der Waals surface area contributed by atoms with Crippen LogP contribution in [0.1, 0.15) is 71.1 Å². The third kappa shape index (κ3) is 3.98. The van der Waals surface area contributed by atoms with Crippen molar-refractivity contribution in [1.29, 1.82) is 0 Å². The maximum atomic E-state index is 3.60. The van der Waals surface area contributed by atoms with Crippen molar-refractivity contribution < 1.29 is 0 Å². The molecule has 0 aromatic heterocycles. The molecule has 2 nitrogen and oxygen atoms in total. The normalized spacial score (nSPS) is 35.4. The van der Waals surface area contributed by atoms with Crippen LogP contribution in [0.4, 0.5) is 0 Å². The molecule has 0 aromatic carbocycles. The van der Waals surface area contributed by atoms with Crippen LogP contribution in [-0.2, 0) is 0 Å². The molecule has 2 saturated carbocycles. The van der Waals surface area contributed by atoms with Gasteiger partial charge >= 0.3 is 0 Å². The summed E-state index contributed by atoms with van der Waals surface area (Å²) in [5, 5.41) is 3.60. The quantitative estimate of drug-likeness (QED) is 0.795. The molecule has 1 aliphatic heterocycles. The van der Waals surface area contributed by atoms with Crippen molar-refractivity contribution in [3.63, 3.8) is 0 Å². The molecule has 3 fully saturated rings. The SMILES string of the molecule is CCCC1CCC(N(CC2CCCNC2)C2CC2)CC1. The third-order valence-electron chi connectivity index (χ3n) is 5.87. The van der Waals surface area contributed by atoms with Crippen molar-refractivity contribution in [2.24, 2.45) is 11.8 Å². The van der Waals surface area contributed by atoms with Crippen molar-refractivity contribution in [2.45, 2.75) is 83.2 Å². The first-order chi connectivity index (χ1) is 9.86. The molecule has 0 amide bonds. The van der Waals surface area contributed by atoms with E-state index < -0.39 is 0 Å². The smallest absolute Gasteiger partial charge is 0.00994 e. The Balaban J connectivity index is 1.49. The Labute approximate surface area is 125 Å². The van der Waals surface area contributed by atoms with E-state index >= 15 is 0 Å². The lowest BCUT2D eigenvalue weighted by molar-refractivity contribution is 0.101. The van der Waals surface area contributed by atoms with Gasteiger partial charge in [-0.25, -0.2) is 0 Å². The van der Waals surface area contributed by atoms with E-state index in [-0.39, 0.29) is 0 Å². The molecule has 3 rings (SSSR count). The maximum absolute atomic E-state index is 3.60. The van der Waals surface area contributed by atoms with Crippen LogP contribution in [0.3, 0.4) is 0 Å². The zero-order chi connectivity index (χ0) is 13.8. The predicted octanol–water partition coefficient (Wildman–Crippen LogP) is 3.81. The summed E-state index contributed by atoms with van der Waals surface area (Å²) in [6.45, 7) is 6.26. The first-order valence-corrected chi connectivity index (χ1v) is 9.33. The van der Waals surface area contributed by atoms with Crippen molar-refractivity contribution in [3.05, 3.63) is 0 Å². The van der Waals surface area contributed by atoms with Crippen LogP contribution in [-0.4, -0.2) is 36.6 Å². The van der Waals surface area contributed by atoms with E-state index in [1.807, 2.05) is 0 Å². The second kappa shape index (κ2) is 7.26. The first-order valence-electron chi connectivity index (χ1n) is 9.33. The number of hydrogen-bond acceptors (Lipinski definition) is 2. The molecule has 1 saturated heterocycles. The molecule has 0 bridgehead atoms. The summed E-state index contributed by atoms with van der Waals surface area (Å²) in [5.41, 5.74) is 0. The van der Waals surface area contributed by atoms with E-state index in [0.29, 0.717) is 0 Å². The fourth-order valence-electron chi connectivity index (χ4n) is 4.55. The van der Waals surface area contributed by atoms with Crippen molar-refractivity contribution in [1.82, 2.24) is 10.2 Å². The highest BCUT2D eigenvalue weighted by Gasteiger charge is 2.36. The van der Waals surface area contributed by atoms with Crippen LogP contribution in [0.25, 0.3) is 0 Å². The summed E-state index contributed by atoms with van der Waals surface area (Å²) in [6.07, 6.45) is 14.7. The molecule has 1 heterocycles. The Morgan fingerprint density at radius 2 is 1.60 bits per heavy atom. The van der Waals surface area contributed by atoms with Crippen LogP contribution in [0.5, 0.6) is 0 Å². The van der Waals surface area contributed by atoms with E-state index in [4.69, 9.17) is 0 Å². The van der Waals surface area contributed by atoms with Gasteiger partial charge in [-0.15, -0.1) is 0 Å². The summed E-state index contributed by atoms with van der Waals surface area (Å²) < 4.78 is 0. The highest BCUT2D eigenvalue weighted by atomic mass is 15.2. The van der Waals surface area contributed by atoms with Gasteiger partial charge in [-0.2, -0.15) is 0 Å². The molecule has 116 valence electrons. The van der Waals surface area contributed by atoms with E-state index in [9.17, 15) is 0 Å². The van der Waals surface area contributed by atoms with Gasteiger partial charge in [0.1, 0.15) is 0 Å². The lowest BCUT2D eigenvalue weighted by atomic mass is 9.82. The second-order valence-electron chi connectivity index (χ2n) is 7.60. The molecule has 1 N–H and O–H groups in total. The van der Waals surface area contributed by atoms with Crippen LogP contribution in [0.2, 0.25) is 0 Å². The molecule has 3 aliphatic rings. The summed E-state index contributed by atoms with van der Waals surface area (Å²) >= 11 is 0. The molecule has 2 heteroatoms. The summed E-state index contributed by atoms with van der Waals surface area (Å²) in [7, 11) is 0. The summed E-state index contributed by atoms with van der Waals surface area (Å²) in [4.78, 5) is 2.94.